The molecule has 3 aromatic rings. The molecule has 128 valence electrons. The van der Waals surface area contributed by atoms with Crippen LogP contribution in [0.25, 0.3) is 10.9 Å². The van der Waals surface area contributed by atoms with E-state index in [0.29, 0.717) is 18.0 Å². The number of nitrogens with zero attached hydrogens (tertiary/aromatic N) is 1. The van der Waals surface area contributed by atoms with Crippen molar-refractivity contribution in [2.24, 2.45) is 0 Å². The summed E-state index contributed by atoms with van der Waals surface area (Å²) in [7, 11) is 1.37. The molecular formula is C19H16ClFN2O2. The summed E-state index contributed by atoms with van der Waals surface area (Å²) >= 11 is 6.15. The van der Waals surface area contributed by atoms with Gasteiger partial charge in [-0.15, -0.1) is 0 Å². The SMILES string of the molecule is COC(=O)N1CCc2c([nH]c3ccc(Cl)cc23)C1c1ccc(F)cc1. The molecule has 0 saturated heterocycles. The first-order valence-electron chi connectivity index (χ1n) is 7.98. The van der Waals surface area contributed by atoms with Crippen molar-refractivity contribution < 1.29 is 13.9 Å². The average Bonchev–Trinajstić information content (AvgIpc) is 2.99. The van der Waals surface area contributed by atoms with Crippen LogP contribution in [0.3, 0.4) is 0 Å². The van der Waals surface area contributed by atoms with Crippen LogP contribution in [0.1, 0.15) is 22.9 Å². The number of benzene rings is 2. The highest BCUT2D eigenvalue weighted by Gasteiger charge is 2.35. The standard InChI is InChI=1S/C19H16ClFN2O2/c1-25-19(24)23-9-8-14-15-10-12(20)4-7-16(15)22-17(14)18(23)11-2-5-13(21)6-3-11/h2-7,10,18,22H,8-9H2,1H3. The topological polar surface area (TPSA) is 45.3 Å². The molecule has 25 heavy (non-hydrogen) atoms. The summed E-state index contributed by atoms with van der Waals surface area (Å²) in [6, 6.07) is 11.5. The molecule has 4 nitrogen and oxygen atoms in total. The van der Waals surface area contributed by atoms with Crippen molar-refractivity contribution in [2.45, 2.75) is 12.5 Å². The fraction of sp³-hybridized carbons (Fsp3) is 0.211. The second-order valence-electron chi connectivity index (χ2n) is 6.07. The molecule has 0 fully saturated rings. The summed E-state index contributed by atoms with van der Waals surface area (Å²) in [4.78, 5) is 17.4. The number of halogens is 2. The van der Waals surface area contributed by atoms with Crippen LogP contribution < -0.4 is 0 Å². The molecule has 1 N–H and O–H groups in total. The van der Waals surface area contributed by atoms with Crippen molar-refractivity contribution in [1.29, 1.82) is 0 Å². The van der Waals surface area contributed by atoms with E-state index in [1.165, 1.54) is 19.2 Å². The largest absolute Gasteiger partial charge is 0.453 e. The lowest BCUT2D eigenvalue weighted by Gasteiger charge is -2.35. The summed E-state index contributed by atoms with van der Waals surface area (Å²) in [5.41, 5.74) is 3.84. The molecule has 1 aliphatic rings. The van der Waals surface area contributed by atoms with Gasteiger partial charge in [0.2, 0.25) is 0 Å². The van der Waals surface area contributed by atoms with Crippen LogP contribution in [0.2, 0.25) is 5.02 Å². The third kappa shape index (κ3) is 2.65. The van der Waals surface area contributed by atoms with E-state index >= 15 is 0 Å². The minimum absolute atomic E-state index is 0.312. The van der Waals surface area contributed by atoms with Crippen molar-refractivity contribution in [1.82, 2.24) is 9.88 Å². The van der Waals surface area contributed by atoms with Crippen LogP contribution >= 0.6 is 11.6 Å². The molecule has 2 heterocycles. The minimum atomic E-state index is -0.406. The predicted octanol–water partition coefficient (Wildman–Crippen LogP) is 4.67. The average molecular weight is 359 g/mol. The monoisotopic (exact) mass is 358 g/mol. The zero-order chi connectivity index (χ0) is 17.6. The van der Waals surface area contributed by atoms with E-state index in [1.54, 1.807) is 17.0 Å². The Bertz CT molecular complexity index is 952. The number of rotatable bonds is 1. The molecule has 1 amide bonds. The van der Waals surface area contributed by atoms with Gasteiger partial charge in [-0.05, 0) is 47.9 Å². The number of methoxy groups -OCH3 is 1. The zero-order valence-corrected chi connectivity index (χ0v) is 14.3. The number of carbonyl (C=O) groups is 1. The molecule has 6 heteroatoms. The maximum Gasteiger partial charge on any atom is 0.410 e. The van der Waals surface area contributed by atoms with Crippen LogP contribution in [0.15, 0.2) is 42.5 Å². The van der Waals surface area contributed by atoms with Gasteiger partial charge in [0.05, 0.1) is 7.11 Å². The highest BCUT2D eigenvalue weighted by atomic mass is 35.5. The number of ether oxygens (including phenoxy) is 1. The Morgan fingerprint density at radius 1 is 1.28 bits per heavy atom. The van der Waals surface area contributed by atoms with Gasteiger partial charge >= 0.3 is 6.09 Å². The van der Waals surface area contributed by atoms with Gasteiger partial charge in [0.15, 0.2) is 0 Å². The molecule has 2 aromatic carbocycles. The number of H-pyrrole nitrogens is 1. The zero-order valence-electron chi connectivity index (χ0n) is 13.6. The van der Waals surface area contributed by atoms with Crippen LogP contribution in [0.4, 0.5) is 9.18 Å². The normalized spacial score (nSPS) is 16.8. The fourth-order valence-electron chi connectivity index (χ4n) is 3.57. The lowest BCUT2D eigenvalue weighted by atomic mass is 9.93. The van der Waals surface area contributed by atoms with Gasteiger partial charge in [0.1, 0.15) is 11.9 Å². The summed E-state index contributed by atoms with van der Waals surface area (Å²) < 4.78 is 18.3. The third-order valence-electron chi connectivity index (χ3n) is 4.68. The molecule has 0 bridgehead atoms. The van der Waals surface area contributed by atoms with E-state index in [0.717, 1.165) is 27.7 Å². The molecule has 0 spiro atoms. The van der Waals surface area contributed by atoms with Gasteiger partial charge in [-0.2, -0.15) is 0 Å². The Labute approximate surface area is 149 Å². The fourth-order valence-corrected chi connectivity index (χ4v) is 3.74. The number of aromatic amines is 1. The number of hydrogen-bond acceptors (Lipinski definition) is 2. The first-order valence-corrected chi connectivity index (χ1v) is 8.36. The minimum Gasteiger partial charge on any atom is -0.453 e. The van der Waals surface area contributed by atoms with Crippen molar-refractivity contribution in [3.05, 3.63) is 70.1 Å². The smallest absolute Gasteiger partial charge is 0.410 e. The van der Waals surface area contributed by atoms with Crippen LogP contribution in [0.5, 0.6) is 0 Å². The summed E-state index contributed by atoms with van der Waals surface area (Å²) in [6.45, 7) is 0.515. The van der Waals surface area contributed by atoms with E-state index in [9.17, 15) is 9.18 Å². The van der Waals surface area contributed by atoms with Gasteiger partial charge in [0.25, 0.3) is 0 Å². The first-order chi connectivity index (χ1) is 12.1. The highest BCUT2D eigenvalue weighted by molar-refractivity contribution is 6.31. The summed E-state index contributed by atoms with van der Waals surface area (Å²) in [5, 5.41) is 1.72. The third-order valence-corrected chi connectivity index (χ3v) is 4.92. The Hall–Kier alpha value is -2.53. The predicted molar refractivity (Wildman–Crippen MR) is 94.4 cm³/mol. The van der Waals surface area contributed by atoms with Gasteiger partial charge < -0.3 is 9.72 Å². The molecule has 0 aliphatic carbocycles. The number of carbonyl (C=O) groups excluding carboxylic acids is 1. The first kappa shape index (κ1) is 16.0. The van der Waals surface area contributed by atoms with E-state index in [4.69, 9.17) is 16.3 Å². The lowest BCUT2D eigenvalue weighted by molar-refractivity contribution is 0.108. The Kier molecular flexibility index (Phi) is 3.88. The van der Waals surface area contributed by atoms with Crippen LogP contribution in [0, 0.1) is 5.82 Å². The number of aromatic nitrogens is 1. The Morgan fingerprint density at radius 3 is 2.76 bits per heavy atom. The van der Waals surface area contributed by atoms with Crippen molar-refractivity contribution in [2.75, 3.05) is 13.7 Å². The molecule has 0 radical (unpaired) electrons. The van der Waals surface area contributed by atoms with E-state index in [2.05, 4.69) is 4.98 Å². The van der Waals surface area contributed by atoms with Gasteiger partial charge in [-0.25, -0.2) is 9.18 Å². The number of amides is 1. The molecule has 1 atom stereocenters. The molecule has 1 aromatic heterocycles. The molecular weight excluding hydrogens is 343 g/mol. The lowest BCUT2D eigenvalue weighted by Crippen LogP contribution is -2.40. The van der Waals surface area contributed by atoms with Gasteiger partial charge in [-0.3, -0.25) is 4.90 Å². The number of fused-ring (bicyclic) bond motifs is 3. The molecule has 1 aliphatic heterocycles. The van der Waals surface area contributed by atoms with Crippen molar-refractivity contribution in [3.63, 3.8) is 0 Å². The number of hydrogen-bond donors (Lipinski definition) is 1. The molecule has 0 saturated carbocycles. The Balaban J connectivity index is 1.91. The maximum absolute atomic E-state index is 13.4. The van der Waals surface area contributed by atoms with E-state index < -0.39 is 6.09 Å². The number of nitrogens with one attached hydrogen (secondary N) is 1. The second kappa shape index (κ2) is 6.08. The molecule has 1 unspecified atom stereocenters. The van der Waals surface area contributed by atoms with Gasteiger partial charge in [-0.1, -0.05) is 23.7 Å². The highest BCUT2D eigenvalue weighted by Crippen LogP contribution is 2.39. The maximum atomic E-state index is 13.4. The summed E-state index contributed by atoms with van der Waals surface area (Å²) in [5.74, 6) is -0.312. The quantitative estimate of drug-likeness (QED) is 0.686. The Morgan fingerprint density at radius 2 is 2.04 bits per heavy atom. The van der Waals surface area contributed by atoms with Crippen molar-refractivity contribution >= 4 is 28.6 Å². The second-order valence-corrected chi connectivity index (χ2v) is 6.51. The van der Waals surface area contributed by atoms with Crippen LogP contribution in [-0.2, 0) is 11.2 Å². The molecule has 4 rings (SSSR count). The van der Waals surface area contributed by atoms with E-state index in [-0.39, 0.29) is 11.9 Å². The van der Waals surface area contributed by atoms with Crippen LogP contribution in [-0.4, -0.2) is 29.6 Å². The summed E-state index contributed by atoms with van der Waals surface area (Å²) in [6.07, 6.45) is 0.291. The van der Waals surface area contributed by atoms with Gasteiger partial charge in [0, 0.05) is 28.2 Å². The van der Waals surface area contributed by atoms with E-state index in [1.807, 2.05) is 18.2 Å². The van der Waals surface area contributed by atoms with Crippen molar-refractivity contribution in [3.8, 4) is 0 Å².